The zero-order valence-corrected chi connectivity index (χ0v) is 16.0. The zero-order valence-electron chi connectivity index (χ0n) is 16.0. The number of Topliss-reactive ketones (excluding diaryl/α,β-unsaturated/α-hetero) is 1. The van der Waals surface area contributed by atoms with Gasteiger partial charge in [-0.1, -0.05) is 12.5 Å². The number of hydrogen-bond donors (Lipinski definition) is 1. The van der Waals surface area contributed by atoms with Crippen LogP contribution < -0.4 is 0 Å². The summed E-state index contributed by atoms with van der Waals surface area (Å²) in [6, 6.07) is 0. The zero-order chi connectivity index (χ0) is 19.3. The van der Waals surface area contributed by atoms with Gasteiger partial charge in [-0.3, -0.25) is 14.4 Å². The second kappa shape index (κ2) is 4.77. The average molecular weight is 362 g/mol. The Morgan fingerprint density at radius 2 is 1.81 bits per heavy atom. The number of carbonyl (C=O) groups is 3. The summed E-state index contributed by atoms with van der Waals surface area (Å²) in [7, 11) is 0. The maximum absolute atomic E-state index is 13.4. The summed E-state index contributed by atoms with van der Waals surface area (Å²) in [6.07, 6.45) is 1.53. The Labute approximate surface area is 152 Å². The fourth-order valence-corrected chi connectivity index (χ4v) is 6.06. The summed E-state index contributed by atoms with van der Waals surface area (Å²) in [4.78, 5) is 36.6. The van der Waals surface area contributed by atoms with E-state index in [9.17, 15) is 19.5 Å². The Bertz CT molecular complexity index is 773. The molecule has 0 bridgehead atoms. The predicted octanol–water partition coefficient (Wildman–Crippen LogP) is 1.94. The van der Waals surface area contributed by atoms with Gasteiger partial charge >= 0.3 is 11.9 Å². The minimum absolute atomic E-state index is 0.0892. The molecule has 26 heavy (non-hydrogen) atoms. The summed E-state index contributed by atoms with van der Waals surface area (Å²) >= 11 is 0. The van der Waals surface area contributed by atoms with Crippen molar-refractivity contribution in [3.8, 4) is 0 Å². The topological polar surface area (TPSA) is 89.9 Å². The molecule has 0 radical (unpaired) electrons. The largest absolute Gasteiger partial charge is 0.465 e. The van der Waals surface area contributed by atoms with Crippen LogP contribution in [0.3, 0.4) is 0 Å². The predicted molar refractivity (Wildman–Crippen MR) is 90.8 cm³/mol. The molecule has 0 aromatic rings. The van der Waals surface area contributed by atoms with Gasteiger partial charge in [0.2, 0.25) is 0 Å². The van der Waals surface area contributed by atoms with Gasteiger partial charge in [0.05, 0.1) is 5.41 Å². The van der Waals surface area contributed by atoms with E-state index in [1.165, 1.54) is 13.8 Å². The van der Waals surface area contributed by atoms with Crippen molar-refractivity contribution in [3.63, 3.8) is 0 Å². The number of carbonyl (C=O) groups excluding carboxylic acids is 3. The molecule has 1 N–H and O–H groups in total. The Morgan fingerprint density at radius 3 is 2.31 bits per heavy atom. The van der Waals surface area contributed by atoms with Gasteiger partial charge in [0.1, 0.15) is 18.3 Å². The third-order valence-electron chi connectivity index (χ3n) is 7.62. The van der Waals surface area contributed by atoms with Crippen LogP contribution in [0.2, 0.25) is 0 Å². The van der Waals surface area contributed by atoms with Crippen molar-refractivity contribution in [2.45, 2.75) is 65.6 Å². The monoisotopic (exact) mass is 362 g/mol. The van der Waals surface area contributed by atoms with Crippen molar-refractivity contribution >= 4 is 17.7 Å². The number of ketones is 1. The molecule has 6 nitrogen and oxygen atoms in total. The fraction of sp³-hybridized carbons (Fsp3) is 0.750. The van der Waals surface area contributed by atoms with E-state index in [4.69, 9.17) is 9.47 Å². The van der Waals surface area contributed by atoms with E-state index < -0.39 is 39.9 Å². The van der Waals surface area contributed by atoms with E-state index in [0.29, 0.717) is 6.42 Å². The number of aliphatic hydroxyl groups is 1. The maximum Gasteiger partial charge on any atom is 0.303 e. The number of rotatable bonds is 3. The van der Waals surface area contributed by atoms with Crippen molar-refractivity contribution in [2.24, 2.45) is 22.2 Å². The van der Waals surface area contributed by atoms with Crippen LogP contribution in [0.1, 0.15) is 53.9 Å². The molecule has 6 heteroatoms. The van der Waals surface area contributed by atoms with Crippen molar-refractivity contribution < 1.29 is 29.0 Å². The Morgan fingerprint density at radius 1 is 1.19 bits per heavy atom. The lowest BCUT2D eigenvalue weighted by molar-refractivity contribution is -0.157. The molecule has 142 valence electrons. The number of hydrogen-bond acceptors (Lipinski definition) is 6. The minimum Gasteiger partial charge on any atom is -0.465 e. The molecule has 3 saturated carbocycles. The third kappa shape index (κ3) is 1.79. The first-order chi connectivity index (χ1) is 11.9. The highest BCUT2D eigenvalue weighted by Crippen LogP contribution is 2.81. The fourth-order valence-electron chi connectivity index (χ4n) is 6.06. The second-order valence-electron chi connectivity index (χ2n) is 9.03. The maximum atomic E-state index is 13.4. The molecule has 3 fully saturated rings. The van der Waals surface area contributed by atoms with Gasteiger partial charge in [0.15, 0.2) is 5.78 Å². The number of esters is 2. The van der Waals surface area contributed by atoms with Crippen LogP contribution in [0, 0.1) is 22.2 Å². The van der Waals surface area contributed by atoms with Crippen LogP contribution in [0.5, 0.6) is 0 Å². The highest BCUT2D eigenvalue weighted by atomic mass is 16.6. The van der Waals surface area contributed by atoms with Gasteiger partial charge in [-0.05, 0) is 44.6 Å². The molecular weight excluding hydrogens is 336 g/mol. The molecule has 0 heterocycles. The Kier molecular flexibility index (Phi) is 3.25. The molecule has 4 aliphatic rings. The smallest absolute Gasteiger partial charge is 0.303 e. The molecule has 2 spiro atoms. The number of ether oxygens (including phenoxy) is 2. The van der Waals surface area contributed by atoms with E-state index in [2.05, 4.69) is 0 Å². The normalized spacial score (nSPS) is 44.5. The van der Waals surface area contributed by atoms with Gasteiger partial charge < -0.3 is 14.6 Å². The van der Waals surface area contributed by atoms with Crippen LogP contribution in [0.25, 0.3) is 0 Å². The van der Waals surface area contributed by atoms with Gasteiger partial charge in [-0.15, -0.1) is 0 Å². The van der Waals surface area contributed by atoms with Crippen molar-refractivity contribution in [1.82, 2.24) is 0 Å². The molecule has 5 unspecified atom stereocenters. The summed E-state index contributed by atoms with van der Waals surface area (Å²) < 4.78 is 11.0. The van der Waals surface area contributed by atoms with Crippen molar-refractivity contribution in [3.05, 3.63) is 11.1 Å². The lowest BCUT2D eigenvalue weighted by atomic mass is 9.63. The molecular formula is C20H26O6. The molecule has 0 aromatic carbocycles. The van der Waals surface area contributed by atoms with Crippen LogP contribution in [0.15, 0.2) is 11.1 Å². The van der Waals surface area contributed by atoms with E-state index in [-0.39, 0.29) is 18.3 Å². The summed E-state index contributed by atoms with van der Waals surface area (Å²) in [6.45, 7) is 8.31. The van der Waals surface area contributed by atoms with E-state index in [1.807, 2.05) is 13.8 Å². The quantitative estimate of drug-likeness (QED) is 0.610. The molecule has 4 rings (SSSR count). The lowest BCUT2D eigenvalue weighted by Crippen LogP contribution is -2.54. The second-order valence-corrected chi connectivity index (χ2v) is 9.03. The Hall–Kier alpha value is -1.69. The first-order valence-electron chi connectivity index (χ1n) is 9.25. The summed E-state index contributed by atoms with van der Waals surface area (Å²) in [5, 5.41) is 11.1. The van der Waals surface area contributed by atoms with Crippen molar-refractivity contribution in [1.29, 1.82) is 0 Å². The highest BCUT2D eigenvalue weighted by Gasteiger charge is 2.84. The van der Waals surface area contributed by atoms with Crippen LogP contribution in [0.4, 0.5) is 0 Å². The summed E-state index contributed by atoms with van der Waals surface area (Å²) in [5.41, 5.74) is -1.54. The first-order valence-corrected chi connectivity index (χ1v) is 9.25. The third-order valence-corrected chi connectivity index (χ3v) is 7.62. The molecule has 0 aliphatic heterocycles. The van der Waals surface area contributed by atoms with Crippen LogP contribution >= 0.6 is 0 Å². The van der Waals surface area contributed by atoms with Crippen molar-refractivity contribution in [2.75, 3.05) is 6.61 Å². The minimum atomic E-state index is -1.40. The lowest BCUT2D eigenvalue weighted by Gasteiger charge is -2.43. The molecule has 5 atom stereocenters. The standard InChI is InChI=1S/C20H26O6/c1-10-14-15(26-12(3)22)17(4,9-25-11(2)21)13-8-20(13,14)16(23)18(5,24)19(10)6-7-19/h13,15,24H,6-9H2,1-5H3. The molecule has 4 aliphatic carbocycles. The van der Waals surface area contributed by atoms with E-state index in [1.54, 1.807) is 6.92 Å². The van der Waals surface area contributed by atoms with E-state index in [0.717, 1.165) is 24.0 Å². The molecule has 0 aromatic heterocycles. The molecule has 0 saturated heterocycles. The van der Waals surface area contributed by atoms with Crippen LogP contribution in [-0.4, -0.2) is 41.1 Å². The SMILES string of the molecule is CC(=O)OCC1(C)C(OC(C)=O)C2=C(C)C3(CC3)C(C)(O)C(=O)C23CC31. The first kappa shape index (κ1) is 17.7. The average Bonchev–Trinajstić information content (AvgIpc) is 3.42. The Balaban J connectivity index is 1.87. The van der Waals surface area contributed by atoms with Gasteiger partial charge in [-0.2, -0.15) is 0 Å². The van der Waals surface area contributed by atoms with Gasteiger partial charge in [0, 0.05) is 24.7 Å². The van der Waals surface area contributed by atoms with Gasteiger partial charge in [0.25, 0.3) is 0 Å². The van der Waals surface area contributed by atoms with Crippen LogP contribution in [-0.2, 0) is 23.9 Å². The van der Waals surface area contributed by atoms with E-state index >= 15 is 0 Å². The molecule has 0 amide bonds. The van der Waals surface area contributed by atoms with Gasteiger partial charge in [-0.25, -0.2) is 0 Å². The summed E-state index contributed by atoms with van der Waals surface area (Å²) in [5.74, 6) is -1.08. The highest BCUT2D eigenvalue weighted by molar-refractivity contribution is 6.02.